The maximum Gasteiger partial charge on any atom is 0.523 e. The third-order valence-electron chi connectivity index (χ3n) is 5.04. The van der Waals surface area contributed by atoms with E-state index in [0.29, 0.717) is 17.8 Å². The van der Waals surface area contributed by atoms with Crippen molar-refractivity contribution in [3.63, 3.8) is 0 Å². The Balaban J connectivity index is 0. The monoisotopic (exact) mass is 537 g/mol. The minimum atomic E-state index is -4.81. The molecule has 0 saturated carbocycles. The largest absolute Gasteiger partial charge is 0.523 e. The van der Waals surface area contributed by atoms with Crippen molar-refractivity contribution in [1.82, 2.24) is 4.90 Å². The van der Waals surface area contributed by atoms with Gasteiger partial charge in [0.2, 0.25) is 0 Å². The number of carbonyl (C=O) groups is 1. The number of nitrogens with zero attached hydrogens (tertiary/aromatic N) is 2. The van der Waals surface area contributed by atoms with Gasteiger partial charge in [-0.2, -0.15) is 4.91 Å². The van der Waals surface area contributed by atoms with Crippen molar-refractivity contribution in [3.05, 3.63) is 53.0 Å². The van der Waals surface area contributed by atoms with E-state index in [0.717, 1.165) is 68.8 Å². The smallest absolute Gasteiger partial charge is 0.465 e. The quantitative estimate of drug-likeness (QED) is 0.0387. The Kier molecular flexibility index (Phi) is 21.0. The molecule has 0 radical (unpaired) electrons. The average molecular weight is 538 g/mol. The van der Waals surface area contributed by atoms with Crippen molar-refractivity contribution in [2.45, 2.75) is 72.3 Å². The van der Waals surface area contributed by atoms with Gasteiger partial charge in [-0.3, -0.25) is 14.7 Å². The minimum Gasteiger partial charge on any atom is -0.465 e. The third kappa shape index (κ3) is 15.8. The summed E-state index contributed by atoms with van der Waals surface area (Å²) >= 11 is 1.01. The van der Waals surface area contributed by atoms with E-state index in [1.165, 1.54) is 14.0 Å². The van der Waals surface area contributed by atoms with Crippen molar-refractivity contribution in [2.24, 2.45) is 16.2 Å². The molecule has 0 aliphatic rings. The Morgan fingerprint density at radius 2 is 1.72 bits per heavy atom. The molecule has 0 aliphatic heterocycles. The minimum absolute atomic E-state index is 0.0848. The molecule has 0 saturated heterocycles. The van der Waals surface area contributed by atoms with Crippen molar-refractivity contribution < 1.29 is 27.4 Å². The van der Waals surface area contributed by atoms with Gasteiger partial charge in [-0.15, -0.1) is 19.8 Å². The average Bonchev–Trinajstić information content (AvgIpc) is 2.82. The van der Waals surface area contributed by atoms with E-state index in [2.05, 4.69) is 41.8 Å². The van der Waals surface area contributed by atoms with Crippen molar-refractivity contribution >= 4 is 18.2 Å². The van der Waals surface area contributed by atoms with Crippen molar-refractivity contribution in [3.8, 4) is 0 Å². The maximum absolute atomic E-state index is 12.7. The van der Waals surface area contributed by atoms with Gasteiger partial charge in [0.05, 0.1) is 18.9 Å². The molecule has 36 heavy (non-hydrogen) atoms. The van der Waals surface area contributed by atoms with E-state index < -0.39 is 18.4 Å². The Bertz CT molecular complexity index is 720. The normalized spacial score (nSPS) is 14.0. The van der Waals surface area contributed by atoms with Gasteiger partial charge < -0.3 is 9.64 Å². The van der Waals surface area contributed by atoms with Crippen LogP contribution in [-0.2, 0) is 14.3 Å². The summed E-state index contributed by atoms with van der Waals surface area (Å²) in [5, 5.41) is 7.93. The Labute approximate surface area is 218 Å². The zero-order valence-electron chi connectivity index (χ0n) is 22.1. The molecule has 0 rings (SSSR count). The van der Waals surface area contributed by atoms with Crippen LogP contribution in [0.15, 0.2) is 53.3 Å². The van der Waals surface area contributed by atoms with Crippen LogP contribution < -0.4 is 5.14 Å². The van der Waals surface area contributed by atoms with Crippen LogP contribution in [0.5, 0.6) is 0 Å². The molecule has 2 N–H and O–H groups in total. The fraction of sp³-hybridized carbons (Fsp3) is 0.640. The number of carbonyl (C=O) groups excluding carboxylic acids is 1. The van der Waals surface area contributed by atoms with Gasteiger partial charge in [-0.25, -0.2) is 0 Å². The molecule has 2 unspecified atom stereocenters. The second kappa shape index (κ2) is 21.0. The fourth-order valence-electron chi connectivity index (χ4n) is 3.05. The first-order chi connectivity index (χ1) is 17.0. The molecule has 0 aliphatic carbocycles. The van der Waals surface area contributed by atoms with Crippen LogP contribution in [0.3, 0.4) is 0 Å². The highest BCUT2D eigenvalue weighted by Crippen LogP contribution is 2.28. The molecule has 208 valence electrons. The molecule has 0 aromatic heterocycles. The predicted molar refractivity (Wildman–Crippen MR) is 142 cm³/mol. The van der Waals surface area contributed by atoms with Gasteiger partial charge in [0.25, 0.3) is 0 Å². The number of rotatable bonds is 18. The van der Waals surface area contributed by atoms with E-state index >= 15 is 0 Å². The lowest BCUT2D eigenvalue weighted by Crippen LogP contribution is -2.29. The van der Waals surface area contributed by atoms with E-state index in [9.17, 15) is 18.0 Å². The van der Waals surface area contributed by atoms with E-state index in [1.54, 1.807) is 6.08 Å². The SMILES string of the molecule is C=CC(OC(F)(F)F)C(C)C(=C)O/C(=C/C(=C(/C=O)CC)N(CCCC)CCCC)CSN.CN=O. The first kappa shape index (κ1) is 36.0. The van der Waals surface area contributed by atoms with Gasteiger partial charge in [0.15, 0.2) is 0 Å². The van der Waals surface area contributed by atoms with Gasteiger partial charge in [-0.1, -0.05) is 70.3 Å². The standard InChI is InChI=1S/C24H39F3N2O3S.CH3NO/c1-7-11-13-29(14-12-8-2)22(20(9-3)16-30)15-21(17-33-28)31-19(6)18(5)23(10-4)32-24(25,26)27;1-2-3/h10,15-16,18,23H,4,6-9,11-14,17,28H2,1-3,5H3;1H3/b21-15+,22-20-;. The molecule has 7 nitrogen and oxygen atoms in total. The Morgan fingerprint density at radius 3 is 2.08 bits per heavy atom. The topological polar surface area (TPSA) is 94.2 Å². The molecule has 2 atom stereocenters. The molecule has 0 spiro atoms. The van der Waals surface area contributed by atoms with Crippen molar-refractivity contribution in [2.75, 3.05) is 25.9 Å². The molecule has 11 heteroatoms. The van der Waals surface area contributed by atoms with E-state index in [1.807, 2.05) is 6.92 Å². The number of hydrogen-bond donors (Lipinski definition) is 1. The van der Waals surface area contributed by atoms with Gasteiger partial charge >= 0.3 is 6.36 Å². The number of hydrogen-bond acceptors (Lipinski definition) is 8. The van der Waals surface area contributed by atoms with Crippen LogP contribution in [-0.4, -0.2) is 49.5 Å². The fourth-order valence-corrected chi connectivity index (χ4v) is 3.36. The lowest BCUT2D eigenvalue weighted by Gasteiger charge is -2.29. The van der Waals surface area contributed by atoms with Crippen LogP contribution >= 0.6 is 11.9 Å². The zero-order valence-corrected chi connectivity index (χ0v) is 22.9. The number of aldehydes is 1. The molecular weight excluding hydrogens is 495 g/mol. The highest BCUT2D eigenvalue weighted by molar-refractivity contribution is 7.97. The van der Waals surface area contributed by atoms with Crippen LogP contribution in [0.25, 0.3) is 0 Å². The lowest BCUT2D eigenvalue weighted by atomic mass is 10.0. The third-order valence-corrected chi connectivity index (χ3v) is 5.50. The molecule has 0 bridgehead atoms. The molecule has 0 heterocycles. The lowest BCUT2D eigenvalue weighted by molar-refractivity contribution is -0.340. The number of halogens is 3. The van der Waals surface area contributed by atoms with Crippen molar-refractivity contribution in [1.29, 1.82) is 0 Å². The number of nitroso groups, excluding NO2 is 1. The number of unbranched alkanes of at least 4 members (excludes halogenated alkanes) is 2. The summed E-state index contributed by atoms with van der Waals surface area (Å²) in [7, 11) is 1.19. The molecule has 0 aromatic rings. The summed E-state index contributed by atoms with van der Waals surface area (Å²) in [5.74, 6) is -0.0911. The number of alkyl halides is 3. The number of ether oxygens (including phenoxy) is 2. The van der Waals surface area contributed by atoms with E-state index in [-0.39, 0.29) is 11.5 Å². The summed E-state index contributed by atoms with van der Waals surface area (Å²) in [5.41, 5.74) is 1.36. The highest BCUT2D eigenvalue weighted by Gasteiger charge is 2.35. The van der Waals surface area contributed by atoms with Crippen LogP contribution in [0.4, 0.5) is 13.2 Å². The molecule has 0 amide bonds. The van der Waals surface area contributed by atoms with Crippen LogP contribution in [0, 0.1) is 10.8 Å². The predicted octanol–water partition coefficient (Wildman–Crippen LogP) is 6.88. The maximum atomic E-state index is 12.7. The summed E-state index contributed by atoms with van der Waals surface area (Å²) in [6.45, 7) is 16.4. The molecular formula is C25H42F3N3O4S. The first-order valence-electron chi connectivity index (χ1n) is 11.9. The van der Waals surface area contributed by atoms with Gasteiger partial charge in [0.1, 0.15) is 17.8 Å². The molecule has 0 fully saturated rings. The zero-order chi connectivity index (χ0) is 28.1. The summed E-state index contributed by atoms with van der Waals surface area (Å²) < 4.78 is 48.1. The highest BCUT2D eigenvalue weighted by atomic mass is 32.2. The second-order valence-corrected chi connectivity index (χ2v) is 8.42. The van der Waals surface area contributed by atoms with E-state index in [4.69, 9.17) is 14.8 Å². The summed E-state index contributed by atoms with van der Waals surface area (Å²) in [6, 6.07) is 0. The van der Waals surface area contributed by atoms with Crippen LogP contribution in [0.1, 0.15) is 59.8 Å². The second-order valence-electron chi connectivity index (χ2n) is 7.80. The van der Waals surface area contributed by atoms with Gasteiger partial charge in [0, 0.05) is 36.4 Å². The molecule has 0 aromatic carbocycles. The van der Waals surface area contributed by atoms with Crippen LogP contribution in [0.2, 0.25) is 0 Å². The summed E-state index contributed by atoms with van der Waals surface area (Å²) in [6.07, 6.45) is 1.94. The summed E-state index contributed by atoms with van der Waals surface area (Å²) in [4.78, 5) is 22.5. The Morgan fingerprint density at radius 1 is 1.19 bits per heavy atom. The van der Waals surface area contributed by atoms with Gasteiger partial charge in [-0.05, 0) is 19.3 Å². The first-order valence-corrected chi connectivity index (χ1v) is 12.9. The number of nitrogens with two attached hydrogens (primary N) is 1. The number of allylic oxidation sites excluding steroid dienone is 2. The Hall–Kier alpha value is -2.11.